The molecule has 0 radical (unpaired) electrons. The fraction of sp³-hybridized carbons (Fsp3) is 0.571. The molecule has 0 atom stereocenters. The molecule has 0 unspecified atom stereocenters. The lowest BCUT2D eigenvalue weighted by Gasteiger charge is -2.34. The van der Waals surface area contributed by atoms with Gasteiger partial charge in [0.1, 0.15) is 0 Å². The quantitative estimate of drug-likeness (QED) is 0.762. The van der Waals surface area contributed by atoms with E-state index in [9.17, 15) is 8.42 Å². The molecule has 0 amide bonds. The number of sulfonamides is 1. The van der Waals surface area contributed by atoms with E-state index in [1.807, 2.05) is 0 Å². The number of hydrogen-bond acceptors (Lipinski definition) is 3. The number of anilines is 1. The molecule has 0 heterocycles. The zero-order chi connectivity index (χ0) is 15.8. The molecule has 0 bridgehead atoms. The molecule has 1 aliphatic carbocycles. The second-order valence-electron chi connectivity index (χ2n) is 6.37. The molecule has 0 aromatic heterocycles. The van der Waals surface area contributed by atoms with Gasteiger partial charge in [0, 0.05) is 16.8 Å². The summed E-state index contributed by atoms with van der Waals surface area (Å²) in [6.07, 6.45) is 3.72. The number of hydrogen-bond donors (Lipinski definition) is 2. The maximum Gasteiger partial charge on any atom is 0.242 e. The van der Waals surface area contributed by atoms with E-state index in [1.165, 1.54) is 12.1 Å². The molecule has 1 saturated carbocycles. The van der Waals surface area contributed by atoms with Crippen LogP contribution in [0.15, 0.2) is 21.5 Å². The third kappa shape index (κ3) is 4.12. The summed E-state index contributed by atoms with van der Waals surface area (Å²) in [6, 6.07) is 2.90. The van der Waals surface area contributed by atoms with E-state index in [1.54, 1.807) is 0 Å². The van der Waals surface area contributed by atoms with Gasteiger partial charge in [0.05, 0.1) is 9.37 Å². The van der Waals surface area contributed by atoms with Crippen LogP contribution in [-0.4, -0.2) is 14.5 Å². The summed E-state index contributed by atoms with van der Waals surface area (Å²) >= 11 is 9.15. The highest BCUT2D eigenvalue weighted by Crippen LogP contribution is 2.36. The Labute approximate surface area is 139 Å². The minimum Gasteiger partial charge on any atom is -0.398 e. The van der Waals surface area contributed by atoms with Crippen molar-refractivity contribution in [3.63, 3.8) is 0 Å². The van der Waals surface area contributed by atoms with Crippen LogP contribution >= 0.6 is 27.5 Å². The Kier molecular flexibility index (Phi) is 4.93. The minimum absolute atomic E-state index is 0.0323. The maximum atomic E-state index is 12.5. The third-order valence-electron chi connectivity index (χ3n) is 3.98. The van der Waals surface area contributed by atoms with E-state index in [-0.39, 0.29) is 10.9 Å². The maximum absolute atomic E-state index is 12.5. The third-order valence-corrected chi connectivity index (χ3v) is 6.89. The fourth-order valence-electron chi connectivity index (χ4n) is 2.58. The van der Waals surface area contributed by atoms with E-state index in [2.05, 4.69) is 34.5 Å². The van der Waals surface area contributed by atoms with Crippen LogP contribution in [0.4, 0.5) is 5.69 Å². The van der Waals surface area contributed by atoms with Gasteiger partial charge in [0.15, 0.2) is 0 Å². The van der Waals surface area contributed by atoms with Crippen LogP contribution in [0.2, 0.25) is 5.02 Å². The highest BCUT2D eigenvalue weighted by atomic mass is 79.9. The van der Waals surface area contributed by atoms with Gasteiger partial charge in [-0.05, 0) is 59.2 Å². The second-order valence-corrected chi connectivity index (χ2v) is 9.28. The van der Waals surface area contributed by atoms with E-state index in [0.717, 1.165) is 25.7 Å². The first-order valence-corrected chi connectivity index (χ1v) is 9.53. The van der Waals surface area contributed by atoms with Gasteiger partial charge in [-0.2, -0.15) is 0 Å². The number of nitrogens with two attached hydrogens (primary N) is 1. The van der Waals surface area contributed by atoms with Crippen LogP contribution in [0.25, 0.3) is 0 Å². The summed E-state index contributed by atoms with van der Waals surface area (Å²) in [6.45, 7) is 4.43. The smallest absolute Gasteiger partial charge is 0.242 e. The molecule has 0 aliphatic heterocycles. The number of rotatable bonds is 3. The van der Waals surface area contributed by atoms with Crippen molar-refractivity contribution in [1.82, 2.24) is 4.72 Å². The fourth-order valence-corrected chi connectivity index (χ4v) is 5.18. The van der Waals surface area contributed by atoms with E-state index >= 15 is 0 Å². The first-order valence-electron chi connectivity index (χ1n) is 6.88. The van der Waals surface area contributed by atoms with E-state index < -0.39 is 10.0 Å². The van der Waals surface area contributed by atoms with Crippen LogP contribution in [0, 0.1) is 5.41 Å². The predicted octanol–water partition coefficient (Wildman–Crippen LogP) is 3.93. The molecule has 0 saturated heterocycles. The SMILES string of the molecule is CC1(C)CCC(NS(=O)(=O)c2cc(Cl)cc(N)c2Br)CC1. The lowest BCUT2D eigenvalue weighted by atomic mass is 9.76. The summed E-state index contributed by atoms with van der Waals surface area (Å²) in [5.74, 6) is 0. The summed E-state index contributed by atoms with van der Waals surface area (Å²) in [5, 5.41) is 0.306. The van der Waals surface area contributed by atoms with Gasteiger partial charge in [-0.1, -0.05) is 25.4 Å². The van der Waals surface area contributed by atoms with Gasteiger partial charge in [-0.25, -0.2) is 13.1 Å². The molecule has 1 aliphatic rings. The zero-order valence-corrected chi connectivity index (χ0v) is 15.3. The Morgan fingerprint density at radius 1 is 1.33 bits per heavy atom. The average Bonchev–Trinajstić information content (AvgIpc) is 2.36. The number of benzene rings is 1. The molecule has 118 valence electrons. The van der Waals surface area contributed by atoms with Crippen LogP contribution in [0.3, 0.4) is 0 Å². The van der Waals surface area contributed by atoms with Gasteiger partial charge in [0.25, 0.3) is 0 Å². The van der Waals surface area contributed by atoms with Gasteiger partial charge in [-0.3, -0.25) is 0 Å². The highest BCUT2D eigenvalue weighted by Gasteiger charge is 2.30. The molecule has 3 N–H and O–H groups in total. The molecule has 1 aromatic carbocycles. The summed E-state index contributed by atoms with van der Waals surface area (Å²) in [5.41, 5.74) is 6.37. The van der Waals surface area contributed by atoms with Crippen molar-refractivity contribution in [1.29, 1.82) is 0 Å². The summed E-state index contributed by atoms with van der Waals surface area (Å²) in [7, 11) is -3.63. The van der Waals surface area contributed by atoms with Crippen molar-refractivity contribution in [2.24, 2.45) is 5.41 Å². The van der Waals surface area contributed by atoms with Crippen molar-refractivity contribution in [3.05, 3.63) is 21.6 Å². The summed E-state index contributed by atoms with van der Waals surface area (Å²) in [4.78, 5) is 0.0948. The molecule has 2 rings (SSSR count). The van der Waals surface area contributed by atoms with Crippen molar-refractivity contribution in [2.45, 2.75) is 50.5 Å². The first kappa shape index (κ1) is 17.1. The Balaban J connectivity index is 2.20. The Morgan fingerprint density at radius 3 is 2.48 bits per heavy atom. The summed E-state index contributed by atoms with van der Waals surface area (Å²) < 4.78 is 28.2. The first-order chi connectivity index (χ1) is 9.61. The normalized spacial score (nSPS) is 19.6. The van der Waals surface area contributed by atoms with Crippen LogP contribution in [0.1, 0.15) is 39.5 Å². The standard InChI is InChI=1S/C14H20BrClN2O2S/c1-14(2)5-3-10(4-6-14)18-21(19,20)12-8-9(16)7-11(17)13(12)15/h7-8,10,18H,3-6,17H2,1-2H3. The molecule has 7 heteroatoms. The number of nitrogens with one attached hydrogen (secondary N) is 1. The van der Waals surface area contributed by atoms with Gasteiger partial charge in [0.2, 0.25) is 10.0 Å². The zero-order valence-electron chi connectivity index (χ0n) is 12.1. The van der Waals surface area contributed by atoms with E-state index in [0.29, 0.717) is 20.6 Å². The molecule has 4 nitrogen and oxygen atoms in total. The van der Waals surface area contributed by atoms with E-state index in [4.69, 9.17) is 17.3 Å². The molecule has 1 fully saturated rings. The Morgan fingerprint density at radius 2 is 1.90 bits per heavy atom. The lowest BCUT2D eigenvalue weighted by Crippen LogP contribution is -2.39. The molecule has 21 heavy (non-hydrogen) atoms. The number of nitrogen functional groups attached to an aromatic ring is 1. The van der Waals surface area contributed by atoms with Crippen molar-refractivity contribution in [3.8, 4) is 0 Å². The molecular formula is C14H20BrClN2O2S. The predicted molar refractivity (Wildman–Crippen MR) is 89.9 cm³/mol. The largest absolute Gasteiger partial charge is 0.398 e. The van der Waals surface area contributed by atoms with Crippen LogP contribution in [-0.2, 0) is 10.0 Å². The van der Waals surface area contributed by atoms with Crippen LogP contribution in [0.5, 0.6) is 0 Å². The van der Waals surface area contributed by atoms with Crippen molar-refractivity contribution < 1.29 is 8.42 Å². The lowest BCUT2D eigenvalue weighted by molar-refractivity contribution is 0.218. The highest BCUT2D eigenvalue weighted by molar-refractivity contribution is 9.10. The minimum atomic E-state index is -3.63. The van der Waals surface area contributed by atoms with Gasteiger partial charge < -0.3 is 5.73 Å². The van der Waals surface area contributed by atoms with Gasteiger partial charge in [-0.15, -0.1) is 0 Å². The molecule has 0 spiro atoms. The Hall–Kier alpha value is -0.300. The van der Waals surface area contributed by atoms with Gasteiger partial charge >= 0.3 is 0 Å². The second kappa shape index (κ2) is 6.07. The average molecular weight is 396 g/mol. The van der Waals surface area contributed by atoms with Crippen molar-refractivity contribution in [2.75, 3.05) is 5.73 Å². The molecule has 1 aromatic rings. The monoisotopic (exact) mass is 394 g/mol. The molecular weight excluding hydrogens is 376 g/mol. The topological polar surface area (TPSA) is 72.2 Å². The Bertz CT molecular complexity index is 637. The van der Waals surface area contributed by atoms with Crippen LogP contribution < -0.4 is 10.5 Å². The number of halogens is 2. The van der Waals surface area contributed by atoms with Crippen molar-refractivity contribution >= 4 is 43.2 Å².